The van der Waals surface area contributed by atoms with Gasteiger partial charge in [0.1, 0.15) is 22.7 Å². The summed E-state index contributed by atoms with van der Waals surface area (Å²) in [6.45, 7) is 3.26. The number of methoxy groups -OCH3 is 2. The van der Waals surface area contributed by atoms with Crippen molar-refractivity contribution in [1.29, 1.82) is 0 Å². The zero-order valence-electron chi connectivity index (χ0n) is 16.5. The van der Waals surface area contributed by atoms with Gasteiger partial charge >= 0.3 is 0 Å². The van der Waals surface area contributed by atoms with E-state index in [0.717, 1.165) is 0 Å². The Labute approximate surface area is 164 Å². The minimum atomic E-state index is -1.34. The summed E-state index contributed by atoms with van der Waals surface area (Å²) in [7, 11) is 3.00. The van der Waals surface area contributed by atoms with Crippen LogP contribution in [0.5, 0.6) is 11.5 Å². The summed E-state index contributed by atoms with van der Waals surface area (Å²) in [5.74, 6) is -0.280. The van der Waals surface area contributed by atoms with Crippen LogP contribution in [0.1, 0.15) is 19.4 Å². The van der Waals surface area contributed by atoms with Gasteiger partial charge in [0.05, 0.1) is 19.9 Å². The fourth-order valence-electron chi connectivity index (χ4n) is 2.53. The van der Waals surface area contributed by atoms with Gasteiger partial charge in [0.25, 0.3) is 0 Å². The number of rotatable bonds is 8. The van der Waals surface area contributed by atoms with Crippen molar-refractivity contribution < 1.29 is 23.5 Å². The van der Waals surface area contributed by atoms with E-state index in [9.17, 15) is 14.0 Å². The number of nitrogens with one attached hydrogen (secondary N) is 2. The first kappa shape index (κ1) is 21.2. The number of amides is 2. The van der Waals surface area contributed by atoms with Gasteiger partial charge in [-0.15, -0.1) is 0 Å². The van der Waals surface area contributed by atoms with Gasteiger partial charge in [-0.1, -0.05) is 18.2 Å². The van der Waals surface area contributed by atoms with E-state index in [-0.39, 0.29) is 12.4 Å². The fourth-order valence-corrected chi connectivity index (χ4v) is 2.53. The molecule has 2 aromatic carbocycles. The predicted molar refractivity (Wildman–Crippen MR) is 105 cm³/mol. The van der Waals surface area contributed by atoms with Crippen LogP contribution in [-0.4, -0.2) is 32.6 Å². The number of halogens is 1. The van der Waals surface area contributed by atoms with Crippen molar-refractivity contribution in [3.05, 3.63) is 53.8 Å². The van der Waals surface area contributed by atoms with Crippen molar-refractivity contribution >= 4 is 17.5 Å². The molecule has 2 N–H and O–H groups in total. The molecule has 0 heterocycles. The van der Waals surface area contributed by atoms with Gasteiger partial charge in [-0.25, -0.2) is 4.39 Å². The molecule has 28 heavy (non-hydrogen) atoms. The number of carbonyl (C=O) groups is 2. The average molecular weight is 388 g/mol. The van der Waals surface area contributed by atoms with Gasteiger partial charge < -0.3 is 20.1 Å². The summed E-state index contributed by atoms with van der Waals surface area (Å²) in [6, 6.07) is 11.4. The maximum absolute atomic E-state index is 13.7. The first-order valence-corrected chi connectivity index (χ1v) is 8.84. The van der Waals surface area contributed by atoms with Crippen LogP contribution < -0.4 is 20.1 Å². The van der Waals surface area contributed by atoms with Gasteiger partial charge in [-0.2, -0.15) is 0 Å². The molecular weight excluding hydrogens is 363 g/mol. The molecule has 0 fully saturated rings. The van der Waals surface area contributed by atoms with E-state index in [1.54, 1.807) is 36.4 Å². The van der Waals surface area contributed by atoms with Gasteiger partial charge in [-0.05, 0) is 44.0 Å². The van der Waals surface area contributed by atoms with E-state index in [1.807, 2.05) is 0 Å². The molecule has 2 rings (SSSR count). The van der Waals surface area contributed by atoms with Crippen molar-refractivity contribution in [2.75, 3.05) is 26.1 Å². The summed E-state index contributed by atoms with van der Waals surface area (Å²) >= 11 is 0. The lowest BCUT2D eigenvalue weighted by molar-refractivity contribution is -0.138. The maximum Gasteiger partial charge on any atom is 0.239 e. The Morgan fingerprint density at radius 1 is 1.04 bits per heavy atom. The number of ether oxygens (including phenoxy) is 2. The molecule has 0 aliphatic heterocycles. The second-order valence-corrected chi connectivity index (χ2v) is 6.74. The first-order valence-electron chi connectivity index (χ1n) is 8.84. The molecule has 0 radical (unpaired) electrons. The summed E-state index contributed by atoms with van der Waals surface area (Å²) in [4.78, 5) is 25.2. The van der Waals surface area contributed by atoms with Crippen molar-refractivity contribution in [3.63, 3.8) is 0 Å². The van der Waals surface area contributed by atoms with Gasteiger partial charge in [0, 0.05) is 12.6 Å². The molecule has 7 heteroatoms. The van der Waals surface area contributed by atoms with Crippen LogP contribution in [0.2, 0.25) is 0 Å². The Hall–Kier alpha value is -3.09. The molecule has 0 aliphatic rings. The molecule has 0 bridgehead atoms. The molecule has 0 saturated heterocycles. The topological polar surface area (TPSA) is 76.7 Å². The van der Waals surface area contributed by atoms with E-state index in [0.29, 0.717) is 29.2 Å². The first-order chi connectivity index (χ1) is 13.3. The third kappa shape index (κ3) is 5.00. The van der Waals surface area contributed by atoms with Crippen LogP contribution in [0.3, 0.4) is 0 Å². The average Bonchev–Trinajstić information content (AvgIpc) is 2.69. The van der Waals surface area contributed by atoms with Crippen molar-refractivity contribution in [2.45, 2.75) is 20.3 Å². The molecule has 2 amide bonds. The zero-order chi connectivity index (χ0) is 20.7. The third-order valence-corrected chi connectivity index (χ3v) is 4.43. The highest BCUT2D eigenvalue weighted by Crippen LogP contribution is 2.30. The molecule has 0 atom stereocenters. The summed E-state index contributed by atoms with van der Waals surface area (Å²) in [6.07, 6.45) is 0.333. The summed E-state index contributed by atoms with van der Waals surface area (Å²) in [5.41, 5.74) is -0.436. The second kappa shape index (κ2) is 9.21. The molecule has 0 aromatic heterocycles. The molecule has 150 valence electrons. The van der Waals surface area contributed by atoms with E-state index in [2.05, 4.69) is 10.6 Å². The van der Waals surface area contributed by atoms with E-state index in [4.69, 9.17) is 9.47 Å². The van der Waals surface area contributed by atoms with Crippen LogP contribution in [0.25, 0.3) is 0 Å². The van der Waals surface area contributed by atoms with Crippen molar-refractivity contribution in [2.24, 2.45) is 5.41 Å². The number of anilines is 1. The largest absolute Gasteiger partial charge is 0.497 e. The lowest BCUT2D eigenvalue weighted by Crippen LogP contribution is -2.45. The molecule has 6 nitrogen and oxygen atoms in total. The van der Waals surface area contributed by atoms with Crippen LogP contribution in [0, 0.1) is 11.2 Å². The Balaban J connectivity index is 2.01. The smallest absolute Gasteiger partial charge is 0.239 e. The van der Waals surface area contributed by atoms with Crippen LogP contribution in [0.15, 0.2) is 42.5 Å². The lowest BCUT2D eigenvalue weighted by atomic mass is 9.90. The normalized spacial score (nSPS) is 10.9. The number of hydrogen-bond acceptors (Lipinski definition) is 4. The predicted octanol–water partition coefficient (Wildman–Crippen LogP) is 3.17. The molecular formula is C21H25FN2O4. The Bertz CT molecular complexity index is 852. The number of hydrogen-bond donors (Lipinski definition) is 2. The minimum absolute atomic E-state index is 0.221. The van der Waals surface area contributed by atoms with Crippen LogP contribution in [-0.2, 0) is 16.0 Å². The minimum Gasteiger partial charge on any atom is -0.497 e. The lowest BCUT2D eigenvalue weighted by Gasteiger charge is -2.23. The van der Waals surface area contributed by atoms with E-state index >= 15 is 0 Å². The summed E-state index contributed by atoms with van der Waals surface area (Å²) < 4.78 is 24.0. The molecule has 0 saturated carbocycles. The molecule has 0 spiro atoms. The molecule has 0 aliphatic carbocycles. The van der Waals surface area contributed by atoms with Gasteiger partial charge in [0.2, 0.25) is 11.8 Å². The highest BCUT2D eigenvalue weighted by atomic mass is 19.1. The van der Waals surface area contributed by atoms with Gasteiger partial charge in [0.15, 0.2) is 0 Å². The third-order valence-electron chi connectivity index (χ3n) is 4.43. The standard InChI is InChI=1S/C21H25FN2O4/c1-21(2,19(25)23-12-11-14-7-5-6-8-16(14)22)20(26)24-17-13-15(27-3)9-10-18(17)28-4/h5-10,13H,11-12H2,1-4H3,(H,23,25)(H,24,26). The highest BCUT2D eigenvalue weighted by Gasteiger charge is 2.36. The second-order valence-electron chi connectivity index (χ2n) is 6.74. The van der Waals surface area contributed by atoms with Crippen molar-refractivity contribution in [1.82, 2.24) is 5.32 Å². The van der Waals surface area contributed by atoms with Gasteiger partial charge in [-0.3, -0.25) is 9.59 Å². The van der Waals surface area contributed by atoms with E-state index < -0.39 is 17.2 Å². The maximum atomic E-state index is 13.7. The highest BCUT2D eigenvalue weighted by molar-refractivity contribution is 6.10. The SMILES string of the molecule is COc1ccc(OC)c(NC(=O)C(C)(C)C(=O)NCCc2ccccc2F)c1. The Kier molecular flexibility index (Phi) is 6.98. The monoisotopic (exact) mass is 388 g/mol. The fraction of sp³-hybridized carbons (Fsp3) is 0.333. The molecule has 2 aromatic rings. The Morgan fingerprint density at radius 2 is 1.75 bits per heavy atom. The summed E-state index contributed by atoms with van der Waals surface area (Å²) in [5, 5.41) is 5.40. The number of carbonyl (C=O) groups excluding carboxylic acids is 2. The van der Waals surface area contributed by atoms with E-state index in [1.165, 1.54) is 34.1 Å². The zero-order valence-corrected chi connectivity index (χ0v) is 16.5. The quantitative estimate of drug-likeness (QED) is 0.681. The van der Waals surface area contributed by atoms with Crippen molar-refractivity contribution in [3.8, 4) is 11.5 Å². The Morgan fingerprint density at radius 3 is 2.39 bits per heavy atom. The molecule has 0 unspecified atom stereocenters. The van der Waals surface area contributed by atoms with Crippen LogP contribution >= 0.6 is 0 Å². The number of benzene rings is 2. The van der Waals surface area contributed by atoms with Crippen LogP contribution in [0.4, 0.5) is 10.1 Å².